The number of hydrogen-bond acceptors (Lipinski definition) is 4. The smallest absolute Gasteiger partial charge is 0.260 e. The molecule has 27 heavy (non-hydrogen) atoms. The van der Waals surface area contributed by atoms with Gasteiger partial charge < -0.3 is 9.64 Å². The zero-order chi connectivity index (χ0) is 19.4. The topological polar surface area (TPSA) is 46.9 Å². The average molecular weight is 405 g/mol. The summed E-state index contributed by atoms with van der Waals surface area (Å²) in [6.07, 6.45) is 0. The average Bonchev–Trinajstić information content (AvgIpc) is 3.08. The highest BCUT2D eigenvalue weighted by atomic mass is 35.5. The molecule has 0 aliphatic carbocycles. The van der Waals surface area contributed by atoms with Gasteiger partial charge in [0.25, 0.3) is 5.91 Å². The summed E-state index contributed by atoms with van der Waals surface area (Å²) in [7, 11) is 4.13. The van der Waals surface area contributed by atoms with Crippen LogP contribution in [0.2, 0.25) is 5.02 Å². The SMILES string of the molecule is CCOc1ccc(C(=O)N(CC[NH+](C)C)c2nc3c(Cl)cccc3s2)cc1. The highest BCUT2D eigenvalue weighted by Gasteiger charge is 2.22. The summed E-state index contributed by atoms with van der Waals surface area (Å²) >= 11 is 7.75. The van der Waals surface area contributed by atoms with Crippen LogP contribution in [0.3, 0.4) is 0 Å². The molecule has 0 radical (unpaired) electrons. The Labute approximate surface area is 168 Å². The first-order valence-electron chi connectivity index (χ1n) is 8.88. The van der Waals surface area contributed by atoms with E-state index in [0.29, 0.717) is 28.9 Å². The van der Waals surface area contributed by atoms with Crippen molar-refractivity contribution < 1.29 is 14.4 Å². The molecule has 5 nitrogen and oxygen atoms in total. The van der Waals surface area contributed by atoms with E-state index < -0.39 is 0 Å². The van der Waals surface area contributed by atoms with Crippen molar-refractivity contribution in [3.63, 3.8) is 0 Å². The number of likely N-dealkylation sites (N-methyl/N-ethyl adjacent to an activating group) is 1. The second kappa shape index (κ2) is 8.69. The number of amides is 1. The molecule has 0 bridgehead atoms. The number of para-hydroxylation sites is 1. The normalized spacial score (nSPS) is 11.1. The van der Waals surface area contributed by atoms with E-state index in [4.69, 9.17) is 16.3 Å². The van der Waals surface area contributed by atoms with Crippen LogP contribution in [-0.2, 0) is 0 Å². The molecule has 142 valence electrons. The van der Waals surface area contributed by atoms with Crippen LogP contribution < -0.4 is 14.5 Å². The minimum absolute atomic E-state index is 0.0746. The van der Waals surface area contributed by atoms with Crippen molar-refractivity contribution in [1.29, 1.82) is 0 Å². The molecule has 0 atom stereocenters. The Bertz CT molecular complexity index is 925. The third kappa shape index (κ3) is 4.58. The van der Waals surface area contributed by atoms with E-state index in [1.165, 1.54) is 16.2 Å². The zero-order valence-electron chi connectivity index (χ0n) is 15.7. The summed E-state index contributed by atoms with van der Waals surface area (Å²) < 4.78 is 6.44. The largest absolute Gasteiger partial charge is 0.494 e. The predicted octanol–water partition coefficient (Wildman–Crippen LogP) is 3.14. The Balaban J connectivity index is 1.93. The number of benzene rings is 2. The van der Waals surface area contributed by atoms with Gasteiger partial charge in [0, 0.05) is 5.56 Å². The molecule has 2 aromatic carbocycles. The Hall–Kier alpha value is -2.15. The van der Waals surface area contributed by atoms with Crippen molar-refractivity contribution in [3.05, 3.63) is 53.1 Å². The number of rotatable bonds is 7. The highest BCUT2D eigenvalue weighted by Crippen LogP contribution is 2.33. The maximum Gasteiger partial charge on any atom is 0.260 e. The number of nitrogens with one attached hydrogen (secondary N) is 1. The summed E-state index contributed by atoms with van der Waals surface area (Å²) in [5.74, 6) is 0.680. The van der Waals surface area contributed by atoms with Crippen LogP contribution in [0.5, 0.6) is 5.75 Å². The Morgan fingerprint density at radius 1 is 1.22 bits per heavy atom. The molecule has 0 saturated carbocycles. The molecule has 0 aliphatic heterocycles. The third-order valence-corrected chi connectivity index (χ3v) is 5.43. The van der Waals surface area contributed by atoms with Gasteiger partial charge in [0.15, 0.2) is 5.13 Å². The lowest BCUT2D eigenvalue weighted by Crippen LogP contribution is -3.06. The number of aromatic nitrogens is 1. The van der Waals surface area contributed by atoms with E-state index in [2.05, 4.69) is 19.1 Å². The molecule has 1 heterocycles. The van der Waals surface area contributed by atoms with E-state index >= 15 is 0 Å². The predicted molar refractivity (Wildman–Crippen MR) is 112 cm³/mol. The van der Waals surface area contributed by atoms with Crippen LogP contribution in [-0.4, -0.2) is 44.7 Å². The lowest BCUT2D eigenvalue weighted by molar-refractivity contribution is -0.856. The number of nitrogens with zero attached hydrogens (tertiary/aromatic N) is 2. The summed E-state index contributed by atoms with van der Waals surface area (Å²) in [4.78, 5) is 20.8. The molecule has 3 aromatic rings. The molecule has 3 rings (SSSR count). The van der Waals surface area contributed by atoms with Crippen molar-refractivity contribution in [2.75, 3.05) is 38.7 Å². The fourth-order valence-corrected chi connectivity index (χ4v) is 3.94. The molecule has 7 heteroatoms. The maximum atomic E-state index is 13.2. The van der Waals surface area contributed by atoms with Crippen LogP contribution in [0, 0.1) is 0 Å². The van der Waals surface area contributed by atoms with Crippen LogP contribution in [0.4, 0.5) is 5.13 Å². The first-order chi connectivity index (χ1) is 13.0. The minimum Gasteiger partial charge on any atom is -0.494 e. The van der Waals surface area contributed by atoms with Gasteiger partial charge in [-0.05, 0) is 43.3 Å². The number of anilines is 1. The number of thiazole rings is 1. The van der Waals surface area contributed by atoms with Crippen LogP contribution in [0.15, 0.2) is 42.5 Å². The Morgan fingerprint density at radius 3 is 2.59 bits per heavy atom. The zero-order valence-corrected chi connectivity index (χ0v) is 17.2. The van der Waals surface area contributed by atoms with Crippen molar-refractivity contribution in [2.24, 2.45) is 0 Å². The molecule has 0 aliphatic rings. The molecule has 0 fully saturated rings. The second-order valence-electron chi connectivity index (χ2n) is 6.45. The first kappa shape index (κ1) is 19.6. The third-order valence-electron chi connectivity index (χ3n) is 4.08. The Kier molecular flexibility index (Phi) is 6.31. The molecular formula is C20H23ClN3O2S+. The fourth-order valence-electron chi connectivity index (χ4n) is 2.65. The van der Waals surface area contributed by atoms with Crippen molar-refractivity contribution in [1.82, 2.24) is 4.98 Å². The Morgan fingerprint density at radius 2 is 1.96 bits per heavy atom. The molecule has 1 N–H and O–H groups in total. The minimum atomic E-state index is -0.0746. The quantitative estimate of drug-likeness (QED) is 0.658. The number of fused-ring (bicyclic) bond motifs is 1. The number of hydrogen-bond donors (Lipinski definition) is 1. The summed E-state index contributed by atoms with van der Waals surface area (Å²) in [6, 6.07) is 12.9. The van der Waals surface area contributed by atoms with E-state index in [-0.39, 0.29) is 5.91 Å². The molecular weight excluding hydrogens is 382 g/mol. The van der Waals surface area contributed by atoms with Gasteiger partial charge in [-0.25, -0.2) is 4.98 Å². The van der Waals surface area contributed by atoms with Crippen LogP contribution >= 0.6 is 22.9 Å². The molecule has 0 unspecified atom stereocenters. The van der Waals surface area contributed by atoms with E-state index in [1.807, 2.05) is 37.3 Å². The first-order valence-corrected chi connectivity index (χ1v) is 10.1. The lowest BCUT2D eigenvalue weighted by Gasteiger charge is -2.20. The molecule has 1 amide bonds. The molecule has 0 saturated heterocycles. The number of ether oxygens (including phenoxy) is 1. The van der Waals surface area contributed by atoms with Gasteiger partial charge in [0.2, 0.25) is 0 Å². The van der Waals surface area contributed by atoms with Gasteiger partial charge in [-0.3, -0.25) is 9.69 Å². The lowest BCUT2D eigenvalue weighted by atomic mass is 10.2. The van der Waals surface area contributed by atoms with Crippen LogP contribution in [0.1, 0.15) is 17.3 Å². The van der Waals surface area contributed by atoms with Gasteiger partial charge >= 0.3 is 0 Å². The molecule has 1 aromatic heterocycles. The number of carbonyl (C=O) groups excluding carboxylic acids is 1. The van der Waals surface area contributed by atoms with Gasteiger partial charge in [-0.2, -0.15) is 0 Å². The van der Waals surface area contributed by atoms with Crippen molar-refractivity contribution >= 4 is 44.2 Å². The van der Waals surface area contributed by atoms with Gasteiger partial charge in [0.05, 0.1) is 43.5 Å². The van der Waals surface area contributed by atoms with Crippen LogP contribution in [0.25, 0.3) is 10.2 Å². The maximum absolute atomic E-state index is 13.2. The van der Waals surface area contributed by atoms with Gasteiger partial charge in [0.1, 0.15) is 11.3 Å². The highest BCUT2D eigenvalue weighted by molar-refractivity contribution is 7.22. The second-order valence-corrected chi connectivity index (χ2v) is 7.87. The number of halogens is 1. The van der Waals surface area contributed by atoms with Gasteiger partial charge in [-0.1, -0.05) is 29.0 Å². The monoisotopic (exact) mass is 404 g/mol. The summed E-state index contributed by atoms with van der Waals surface area (Å²) in [6.45, 7) is 3.92. The summed E-state index contributed by atoms with van der Waals surface area (Å²) in [5.41, 5.74) is 1.35. The number of quaternary nitrogens is 1. The van der Waals surface area contributed by atoms with E-state index in [1.54, 1.807) is 17.0 Å². The van der Waals surface area contributed by atoms with Crippen molar-refractivity contribution in [3.8, 4) is 5.75 Å². The molecule has 0 spiro atoms. The fraction of sp³-hybridized carbons (Fsp3) is 0.300. The van der Waals surface area contributed by atoms with Gasteiger partial charge in [-0.15, -0.1) is 0 Å². The van der Waals surface area contributed by atoms with Crippen molar-refractivity contribution in [2.45, 2.75) is 6.92 Å². The summed E-state index contributed by atoms with van der Waals surface area (Å²) in [5, 5.41) is 1.26. The number of carbonyl (C=O) groups is 1. The van der Waals surface area contributed by atoms with E-state index in [0.717, 1.165) is 22.5 Å². The van der Waals surface area contributed by atoms with E-state index in [9.17, 15) is 4.79 Å². The standard InChI is InChI=1S/C20H22ClN3O2S/c1-4-26-15-10-8-14(9-11-15)19(25)24(13-12-23(2)3)20-22-18-16(21)6-5-7-17(18)27-20/h5-11H,4,12-13H2,1-3H3/p+1.